The summed E-state index contributed by atoms with van der Waals surface area (Å²) >= 11 is 1.49. The van der Waals surface area contributed by atoms with Gasteiger partial charge in [-0.25, -0.2) is 9.69 Å². The number of nitrogens with zero attached hydrogens (tertiary/aromatic N) is 2. The fourth-order valence-electron chi connectivity index (χ4n) is 3.80. The standard InChI is InChI=1S/C26H27N3O5S/c1-3-14-34-21-10-6-18(7-11-21)27-24(30)16-23-25(31)29(19-8-12-20(33-2)13-9-19)26(32)28(23)17-22-5-4-15-35-22/h4-13,15,23H,3,14,16-17H2,1-2H3,(H,27,30)/t23-/m1/s1. The second kappa shape index (κ2) is 11.1. The van der Waals surface area contributed by atoms with Crippen LogP contribution < -0.4 is 19.7 Å². The summed E-state index contributed by atoms with van der Waals surface area (Å²) in [6, 6.07) is 16.2. The van der Waals surface area contributed by atoms with Gasteiger partial charge in [0, 0.05) is 10.6 Å². The quantitative estimate of drug-likeness (QED) is 0.406. The van der Waals surface area contributed by atoms with Gasteiger partial charge in [-0.05, 0) is 66.4 Å². The number of carbonyl (C=O) groups excluding carboxylic acids is 3. The molecule has 1 aliphatic rings. The predicted molar refractivity (Wildman–Crippen MR) is 135 cm³/mol. The highest BCUT2D eigenvalue weighted by atomic mass is 32.1. The Morgan fingerprint density at radius 2 is 1.74 bits per heavy atom. The van der Waals surface area contributed by atoms with E-state index in [4.69, 9.17) is 9.47 Å². The molecule has 9 heteroatoms. The second-order valence-corrected chi connectivity index (χ2v) is 9.03. The predicted octanol–water partition coefficient (Wildman–Crippen LogP) is 4.91. The SMILES string of the molecule is CCCOc1ccc(NC(=O)C[C@@H]2C(=O)N(c3ccc(OC)cc3)C(=O)N2Cc2cccs2)cc1. The zero-order valence-electron chi connectivity index (χ0n) is 19.6. The Hall–Kier alpha value is -3.85. The third kappa shape index (κ3) is 5.63. The number of ether oxygens (including phenoxy) is 2. The number of imide groups is 1. The van der Waals surface area contributed by atoms with E-state index in [9.17, 15) is 14.4 Å². The molecular formula is C26H27N3O5S. The number of amides is 4. The third-order valence-electron chi connectivity index (χ3n) is 5.55. The van der Waals surface area contributed by atoms with Crippen molar-refractivity contribution in [1.82, 2.24) is 4.90 Å². The number of thiophene rings is 1. The molecule has 182 valence electrons. The number of urea groups is 1. The highest BCUT2D eigenvalue weighted by Gasteiger charge is 2.46. The maximum Gasteiger partial charge on any atom is 0.332 e. The molecule has 0 spiro atoms. The topological polar surface area (TPSA) is 88.2 Å². The first-order chi connectivity index (χ1) is 17.0. The van der Waals surface area contributed by atoms with Crippen LogP contribution in [0.1, 0.15) is 24.6 Å². The molecule has 1 aromatic heterocycles. The average molecular weight is 494 g/mol. The van der Waals surface area contributed by atoms with Crippen LogP contribution in [0.25, 0.3) is 0 Å². The van der Waals surface area contributed by atoms with Crippen LogP contribution in [0.5, 0.6) is 11.5 Å². The van der Waals surface area contributed by atoms with Crippen LogP contribution in [-0.4, -0.2) is 42.5 Å². The molecule has 0 bridgehead atoms. The number of benzene rings is 2. The summed E-state index contributed by atoms with van der Waals surface area (Å²) in [7, 11) is 1.55. The van der Waals surface area contributed by atoms with Crippen molar-refractivity contribution in [3.05, 3.63) is 70.9 Å². The lowest BCUT2D eigenvalue weighted by Crippen LogP contribution is -2.37. The number of carbonyl (C=O) groups is 3. The van der Waals surface area contributed by atoms with Gasteiger partial charge in [-0.1, -0.05) is 13.0 Å². The van der Waals surface area contributed by atoms with Gasteiger partial charge in [-0.15, -0.1) is 11.3 Å². The first-order valence-corrected chi connectivity index (χ1v) is 12.2. The molecule has 1 saturated heterocycles. The van der Waals surface area contributed by atoms with E-state index in [0.717, 1.165) is 21.9 Å². The molecule has 3 aromatic rings. The molecule has 1 atom stereocenters. The van der Waals surface area contributed by atoms with E-state index in [1.165, 1.54) is 16.2 Å². The molecule has 0 aliphatic carbocycles. The van der Waals surface area contributed by atoms with E-state index < -0.39 is 18.0 Å². The summed E-state index contributed by atoms with van der Waals surface area (Å²) in [6.45, 7) is 2.89. The average Bonchev–Trinajstić information content (AvgIpc) is 3.46. The van der Waals surface area contributed by atoms with Gasteiger partial charge in [0.05, 0.1) is 32.4 Å². The lowest BCUT2D eigenvalue weighted by Gasteiger charge is -2.21. The molecule has 2 aromatic carbocycles. The summed E-state index contributed by atoms with van der Waals surface area (Å²) in [5.74, 6) is 0.547. The van der Waals surface area contributed by atoms with Crippen LogP contribution >= 0.6 is 11.3 Å². The molecule has 1 aliphatic heterocycles. The van der Waals surface area contributed by atoms with Crippen molar-refractivity contribution < 1.29 is 23.9 Å². The van der Waals surface area contributed by atoms with Gasteiger partial charge >= 0.3 is 6.03 Å². The van der Waals surface area contributed by atoms with Crippen molar-refractivity contribution in [2.45, 2.75) is 32.4 Å². The minimum Gasteiger partial charge on any atom is -0.497 e. The minimum absolute atomic E-state index is 0.156. The van der Waals surface area contributed by atoms with Gasteiger partial charge in [-0.2, -0.15) is 0 Å². The summed E-state index contributed by atoms with van der Waals surface area (Å²) in [4.78, 5) is 43.1. The van der Waals surface area contributed by atoms with Crippen molar-refractivity contribution in [3.8, 4) is 11.5 Å². The van der Waals surface area contributed by atoms with Gasteiger partial charge in [0.25, 0.3) is 5.91 Å². The highest BCUT2D eigenvalue weighted by molar-refractivity contribution is 7.09. The van der Waals surface area contributed by atoms with E-state index in [-0.39, 0.29) is 18.9 Å². The van der Waals surface area contributed by atoms with Gasteiger partial charge in [0.2, 0.25) is 5.91 Å². The largest absolute Gasteiger partial charge is 0.497 e. The smallest absolute Gasteiger partial charge is 0.332 e. The van der Waals surface area contributed by atoms with Crippen molar-refractivity contribution in [3.63, 3.8) is 0 Å². The monoisotopic (exact) mass is 493 g/mol. The number of hydrogen-bond acceptors (Lipinski definition) is 6. The summed E-state index contributed by atoms with van der Waals surface area (Å²) in [6.07, 6.45) is 0.749. The Kier molecular flexibility index (Phi) is 7.67. The molecule has 8 nitrogen and oxygen atoms in total. The van der Waals surface area contributed by atoms with Crippen LogP contribution in [0.2, 0.25) is 0 Å². The lowest BCUT2D eigenvalue weighted by molar-refractivity contribution is -0.124. The number of rotatable bonds is 10. The van der Waals surface area contributed by atoms with E-state index in [1.807, 2.05) is 24.4 Å². The van der Waals surface area contributed by atoms with Crippen molar-refractivity contribution in [2.24, 2.45) is 0 Å². The maximum atomic E-state index is 13.4. The molecule has 0 unspecified atom stereocenters. The van der Waals surface area contributed by atoms with Crippen LogP contribution in [0.15, 0.2) is 66.0 Å². The number of methoxy groups -OCH3 is 1. The Morgan fingerprint density at radius 3 is 2.37 bits per heavy atom. The molecule has 0 saturated carbocycles. The molecular weight excluding hydrogens is 466 g/mol. The van der Waals surface area contributed by atoms with Crippen LogP contribution in [0.4, 0.5) is 16.2 Å². The van der Waals surface area contributed by atoms with Gasteiger partial charge < -0.3 is 19.7 Å². The summed E-state index contributed by atoms with van der Waals surface area (Å²) in [5.41, 5.74) is 1.02. The molecule has 35 heavy (non-hydrogen) atoms. The maximum absolute atomic E-state index is 13.4. The van der Waals surface area contributed by atoms with Gasteiger partial charge in [0.15, 0.2) is 0 Å². The Morgan fingerprint density at radius 1 is 1.03 bits per heavy atom. The highest BCUT2D eigenvalue weighted by Crippen LogP contribution is 2.30. The van der Waals surface area contributed by atoms with Crippen molar-refractivity contribution in [1.29, 1.82) is 0 Å². The van der Waals surface area contributed by atoms with E-state index in [1.54, 1.807) is 55.6 Å². The Balaban J connectivity index is 1.51. The summed E-state index contributed by atoms with van der Waals surface area (Å²) in [5, 5.41) is 4.73. The Labute approximate surface area is 208 Å². The van der Waals surface area contributed by atoms with E-state index in [0.29, 0.717) is 23.7 Å². The normalized spacial score (nSPS) is 15.4. The zero-order chi connectivity index (χ0) is 24.8. The molecule has 1 fully saturated rings. The zero-order valence-corrected chi connectivity index (χ0v) is 20.4. The fraction of sp³-hybridized carbons (Fsp3) is 0.269. The lowest BCUT2D eigenvalue weighted by atomic mass is 10.1. The first kappa shape index (κ1) is 24.3. The van der Waals surface area contributed by atoms with Crippen molar-refractivity contribution >= 4 is 40.6 Å². The summed E-state index contributed by atoms with van der Waals surface area (Å²) < 4.78 is 10.7. The molecule has 1 N–H and O–H groups in total. The molecule has 4 amide bonds. The van der Waals surface area contributed by atoms with Crippen LogP contribution in [0, 0.1) is 0 Å². The molecule has 4 rings (SSSR count). The number of nitrogens with one attached hydrogen (secondary N) is 1. The van der Waals surface area contributed by atoms with E-state index in [2.05, 4.69) is 5.32 Å². The molecule has 0 radical (unpaired) electrons. The second-order valence-electron chi connectivity index (χ2n) is 8.00. The Bertz CT molecular complexity index is 1160. The first-order valence-electron chi connectivity index (χ1n) is 11.3. The van der Waals surface area contributed by atoms with Gasteiger partial charge in [0.1, 0.15) is 17.5 Å². The number of hydrogen-bond donors (Lipinski definition) is 1. The minimum atomic E-state index is -0.918. The van der Waals surface area contributed by atoms with E-state index >= 15 is 0 Å². The van der Waals surface area contributed by atoms with Gasteiger partial charge in [-0.3, -0.25) is 9.59 Å². The van der Waals surface area contributed by atoms with Crippen molar-refractivity contribution in [2.75, 3.05) is 23.9 Å². The third-order valence-corrected chi connectivity index (χ3v) is 6.41. The van der Waals surface area contributed by atoms with Crippen LogP contribution in [0.3, 0.4) is 0 Å². The number of anilines is 2. The van der Waals surface area contributed by atoms with Crippen LogP contribution in [-0.2, 0) is 16.1 Å². The fourth-order valence-corrected chi connectivity index (χ4v) is 4.50. The molecule has 2 heterocycles.